The number of nitrogens with one attached hydrogen (secondary N) is 2. The van der Waals surface area contributed by atoms with Crippen LogP contribution in [0.2, 0.25) is 0 Å². The van der Waals surface area contributed by atoms with Gasteiger partial charge in [-0.05, 0) is 54.3 Å². The van der Waals surface area contributed by atoms with E-state index in [-0.39, 0.29) is 5.56 Å². The van der Waals surface area contributed by atoms with Gasteiger partial charge in [0.15, 0.2) is 0 Å². The van der Waals surface area contributed by atoms with Gasteiger partial charge >= 0.3 is 0 Å². The smallest absolute Gasteiger partial charge is 0.269 e. The van der Waals surface area contributed by atoms with Gasteiger partial charge in [0.05, 0.1) is 5.56 Å². The van der Waals surface area contributed by atoms with Gasteiger partial charge in [0, 0.05) is 18.3 Å². The van der Waals surface area contributed by atoms with Crippen LogP contribution in [0.4, 0.5) is 4.39 Å². The molecular weight excluding hydrogens is 409 g/mol. The van der Waals surface area contributed by atoms with Crippen molar-refractivity contribution in [1.29, 1.82) is 0 Å². The van der Waals surface area contributed by atoms with E-state index in [4.69, 9.17) is 0 Å². The van der Waals surface area contributed by atoms with E-state index >= 15 is 0 Å². The molecule has 1 unspecified atom stereocenters. The molecule has 0 aromatic heterocycles. The molecule has 1 aliphatic heterocycles. The van der Waals surface area contributed by atoms with E-state index in [1.165, 1.54) is 17.5 Å². The summed E-state index contributed by atoms with van der Waals surface area (Å²) in [5.74, 6) is -0.955. The monoisotopic (exact) mass is 435 g/mol. The number of hydrogen-bond donors (Lipinski definition) is 2. The molecule has 0 bridgehead atoms. The minimum absolute atomic E-state index is 0.0454. The Bertz CT molecular complexity index is 1030. The average molecular weight is 436 g/mol. The molecule has 1 saturated heterocycles. The molecule has 4 nitrogen and oxygen atoms in total. The normalized spacial score (nSPS) is 16.4. The molecule has 3 aromatic carbocycles. The van der Waals surface area contributed by atoms with Crippen LogP contribution in [0.15, 0.2) is 72.8 Å². The Hall–Kier alpha value is -2.67. The highest BCUT2D eigenvalue weighted by molar-refractivity contribution is 7.98. The summed E-state index contributed by atoms with van der Waals surface area (Å²) in [4.78, 5) is 18.0. The average Bonchev–Trinajstić information content (AvgIpc) is 3.23. The molecular formula is C25H26FN3OS. The van der Waals surface area contributed by atoms with E-state index in [1.807, 2.05) is 36.4 Å². The fraction of sp³-hybridized carbons (Fsp3) is 0.240. The Morgan fingerprint density at radius 2 is 1.77 bits per heavy atom. The van der Waals surface area contributed by atoms with Gasteiger partial charge in [-0.3, -0.25) is 15.1 Å². The number of carbonyl (C=O) groups excluding carboxylic acids is 1. The second-order valence-electron chi connectivity index (χ2n) is 7.83. The zero-order valence-electron chi connectivity index (χ0n) is 17.5. The number of likely N-dealkylation sites (tertiary alicyclic amines) is 1. The van der Waals surface area contributed by atoms with Crippen molar-refractivity contribution in [3.63, 3.8) is 0 Å². The van der Waals surface area contributed by atoms with Crippen LogP contribution in [0, 0.1) is 12.7 Å². The first-order chi connectivity index (χ1) is 15.1. The van der Waals surface area contributed by atoms with Crippen molar-refractivity contribution in [2.24, 2.45) is 0 Å². The van der Waals surface area contributed by atoms with Gasteiger partial charge in [0.1, 0.15) is 5.82 Å². The molecule has 1 atom stereocenters. The Morgan fingerprint density at radius 1 is 1.06 bits per heavy atom. The highest BCUT2D eigenvalue weighted by Crippen LogP contribution is 2.25. The molecule has 0 aliphatic carbocycles. The minimum atomic E-state index is -0.487. The van der Waals surface area contributed by atoms with Crippen molar-refractivity contribution in [3.8, 4) is 11.1 Å². The largest absolute Gasteiger partial charge is 0.298 e. The van der Waals surface area contributed by atoms with Crippen LogP contribution in [-0.4, -0.2) is 29.1 Å². The lowest BCUT2D eigenvalue weighted by molar-refractivity contribution is 0.0943. The molecule has 0 spiro atoms. The first-order valence-corrected chi connectivity index (χ1v) is 11.3. The summed E-state index contributed by atoms with van der Waals surface area (Å²) >= 11 is 1.49. The number of amides is 1. The van der Waals surface area contributed by atoms with E-state index in [0.29, 0.717) is 10.8 Å². The number of rotatable bonds is 7. The highest BCUT2D eigenvalue weighted by Gasteiger charge is 2.23. The lowest BCUT2D eigenvalue weighted by Gasteiger charge is -2.16. The molecule has 3 aromatic rings. The fourth-order valence-electron chi connectivity index (χ4n) is 3.84. The molecule has 31 heavy (non-hydrogen) atoms. The first-order valence-electron chi connectivity index (χ1n) is 10.4. The van der Waals surface area contributed by atoms with Gasteiger partial charge in [-0.1, -0.05) is 72.6 Å². The molecule has 0 radical (unpaired) electrons. The van der Waals surface area contributed by atoms with Crippen molar-refractivity contribution in [1.82, 2.24) is 15.2 Å². The number of halogens is 1. The number of benzene rings is 3. The topological polar surface area (TPSA) is 44.4 Å². The summed E-state index contributed by atoms with van der Waals surface area (Å²) < 4.78 is 14.6. The lowest BCUT2D eigenvalue weighted by Crippen LogP contribution is -2.35. The van der Waals surface area contributed by atoms with Crippen molar-refractivity contribution >= 4 is 17.9 Å². The number of hydrazine groups is 1. The minimum Gasteiger partial charge on any atom is -0.298 e. The quantitative estimate of drug-likeness (QED) is 0.407. The Kier molecular flexibility index (Phi) is 7.02. The van der Waals surface area contributed by atoms with E-state index in [9.17, 15) is 9.18 Å². The number of hydrogen-bond acceptors (Lipinski definition) is 4. The fourth-order valence-corrected chi connectivity index (χ4v) is 4.66. The van der Waals surface area contributed by atoms with Gasteiger partial charge in [0.25, 0.3) is 5.91 Å². The molecule has 2 N–H and O–H groups in total. The van der Waals surface area contributed by atoms with Crippen LogP contribution < -0.4 is 10.3 Å². The van der Waals surface area contributed by atoms with E-state index in [2.05, 4.69) is 39.4 Å². The standard InChI is InChI=1S/C25H26FN3OS/c1-18-14-21(20-10-6-3-7-11-20)15-23(24(18)26)25(30)27-28-31-22-12-13-29(17-22)16-19-8-4-2-5-9-19/h2-11,14-15,22,28H,12-13,16-17H2,1H3,(H,27,30). The van der Waals surface area contributed by atoms with Crippen LogP contribution in [0.1, 0.15) is 27.9 Å². The number of carbonyl (C=O) groups is 1. The van der Waals surface area contributed by atoms with E-state index in [0.717, 1.165) is 37.2 Å². The Morgan fingerprint density at radius 3 is 2.52 bits per heavy atom. The molecule has 1 fully saturated rings. The molecule has 160 valence electrons. The van der Waals surface area contributed by atoms with E-state index < -0.39 is 11.7 Å². The molecule has 1 aliphatic rings. The SMILES string of the molecule is Cc1cc(-c2ccccc2)cc(C(=O)NNSC2CCN(Cc3ccccc3)C2)c1F. The third-order valence-electron chi connectivity index (χ3n) is 5.47. The summed E-state index contributed by atoms with van der Waals surface area (Å²) in [7, 11) is 0. The zero-order chi connectivity index (χ0) is 21.6. The van der Waals surface area contributed by atoms with Crippen molar-refractivity contribution in [2.45, 2.75) is 25.1 Å². The van der Waals surface area contributed by atoms with Crippen LogP contribution >= 0.6 is 11.9 Å². The summed E-state index contributed by atoms with van der Waals surface area (Å²) in [6.45, 7) is 4.58. The molecule has 6 heteroatoms. The Balaban J connectivity index is 1.32. The second-order valence-corrected chi connectivity index (χ2v) is 8.93. The maximum atomic E-state index is 14.6. The van der Waals surface area contributed by atoms with Crippen molar-refractivity contribution < 1.29 is 9.18 Å². The van der Waals surface area contributed by atoms with Crippen molar-refractivity contribution in [2.75, 3.05) is 13.1 Å². The third-order valence-corrected chi connectivity index (χ3v) is 6.41. The maximum Gasteiger partial charge on any atom is 0.269 e. The third kappa shape index (κ3) is 5.53. The zero-order valence-corrected chi connectivity index (χ0v) is 18.3. The first kappa shape index (κ1) is 21.6. The summed E-state index contributed by atoms with van der Waals surface area (Å²) in [6.07, 6.45) is 1.04. The van der Waals surface area contributed by atoms with E-state index in [1.54, 1.807) is 19.1 Å². The van der Waals surface area contributed by atoms with Crippen LogP contribution in [0.25, 0.3) is 11.1 Å². The number of nitrogens with zero attached hydrogens (tertiary/aromatic N) is 1. The highest BCUT2D eigenvalue weighted by atomic mass is 32.2. The number of aryl methyl sites for hydroxylation is 1. The summed E-state index contributed by atoms with van der Waals surface area (Å²) in [5.41, 5.74) is 6.23. The summed E-state index contributed by atoms with van der Waals surface area (Å²) in [5, 5.41) is 0.367. The molecule has 1 heterocycles. The maximum absolute atomic E-state index is 14.6. The van der Waals surface area contributed by atoms with Gasteiger partial charge in [0.2, 0.25) is 0 Å². The predicted molar refractivity (Wildman–Crippen MR) is 125 cm³/mol. The molecule has 0 saturated carbocycles. The van der Waals surface area contributed by atoms with Crippen molar-refractivity contribution in [3.05, 3.63) is 95.3 Å². The van der Waals surface area contributed by atoms with Gasteiger partial charge in [-0.25, -0.2) is 4.39 Å². The molecule has 1 amide bonds. The van der Waals surface area contributed by atoms with Gasteiger partial charge in [-0.2, -0.15) is 4.83 Å². The Labute approximate surface area is 187 Å². The molecule has 4 rings (SSSR count). The van der Waals surface area contributed by atoms with Crippen LogP contribution in [0.5, 0.6) is 0 Å². The summed E-state index contributed by atoms with van der Waals surface area (Å²) in [6, 6.07) is 23.5. The lowest BCUT2D eigenvalue weighted by atomic mass is 9.99. The van der Waals surface area contributed by atoms with Gasteiger partial charge < -0.3 is 0 Å². The van der Waals surface area contributed by atoms with Crippen LogP contribution in [-0.2, 0) is 6.54 Å². The predicted octanol–water partition coefficient (Wildman–Crippen LogP) is 4.96. The van der Waals surface area contributed by atoms with Crippen LogP contribution in [0.3, 0.4) is 0 Å². The second kappa shape index (κ2) is 10.1. The van der Waals surface area contributed by atoms with Gasteiger partial charge in [-0.15, -0.1) is 0 Å².